The van der Waals surface area contributed by atoms with E-state index in [4.69, 9.17) is 0 Å². The number of halogens is 3. The molecule has 0 fully saturated rings. The molecule has 0 saturated heterocycles. The third-order valence-electron chi connectivity index (χ3n) is 4.27. The molecule has 3 rings (SSSR count). The molecule has 130 valence electrons. The Kier molecular flexibility index (Phi) is 4.91. The van der Waals surface area contributed by atoms with Gasteiger partial charge in [0.1, 0.15) is 5.69 Å². The summed E-state index contributed by atoms with van der Waals surface area (Å²) in [4.78, 5) is 2.09. The van der Waals surface area contributed by atoms with Gasteiger partial charge in [0.05, 0.1) is 0 Å². The third kappa shape index (κ3) is 3.18. The highest BCUT2D eigenvalue weighted by molar-refractivity contribution is 5.65. The molecule has 1 aliphatic heterocycles. The average molecular weight is 338 g/mol. The van der Waals surface area contributed by atoms with Gasteiger partial charge >= 0.3 is 0 Å². The number of fused-ring (bicyclic) bond motifs is 1. The maximum Gasteiger partial charge on any atom is 0.195 e. The van der Waals surface area contributed by atoms with E-state index >= 15 is 0 Å². The van der Waals surface area contributed by atoms with Crippen molar-refractivity contribution < 1.29 is 13.2 Å². The molecule has 0 atom stereocenters. The Morgan fingerprint density at radius 3 is 2.75 bits per heavy atom. The standard InChI is InChI=1S/C17H21F3N4/c1-23(2)8-3-9-24-14-6-7-21-10-12(14)17(22-24)11-4-5-13(18)16(20)15(11)19/h4-5,21H,3,6-10H2,1-2H3. The molecule has 4 nitrogen and oxygen atoms in total. The second-order valence-corrected chi connectivity index (χ2v) is 6.30. The number of nitrogens with zero attached hydrogens (tertiary/aromatic N) is 3. The molecule has 7 heteroatoms. The molecule has 0 spiro atoms. The zero-order valence-corrected chi connectivity index (χ0v) is 13.9. The van der Waals surface area contributed by atoms with Crippen molar-refractivity contribution in [2.75, 3.05) is 27.2 Å². The van der Waals surface area contributed by atoms with Gasteiger partial charge in [0.25, 0.3) is 0 Å². The van der Waals surface area contributed by atoms with Crippen molar-refractivity contribution in [1.82, 2.24) is 20.0 Å². The van der Waals surface area contributed by atoms with Gasteiger partial charge in [0.15, 0.2) is 17.5 Å². The number of aromatic nitrogens is 2. The van der Waals surface area contributed by atoms with Crippen molar-refractivity contribution in [1.29, 1.82) is 0 Å². The summed E-state index contributed by atoms with van der Waals surface area (Å²) in [5.41, 5.74) is 2.33. The number of nitrogens with one attached hydrogen (secondary N) is 1. The van der Waals surface area contributed by atoms with Gasteiger partial charge in [0, 0.05) is 42.9 Å². The zero-order valence-electron chi connectivity index (χ0n) is 13.9. The third-order valence-corrected chi connectivity index (χ3v) is 4.27. The van der Waals surface area contributed by atoms with Crippen LogP contribution in [0.1, 0.15) is 17.7 Å². The van der Waals surface area contributed by atoms with Crippen LogP contribution in [0.15, 0.2) is 12.1 Å². The zero-order chi connectivity index (χ0) is 17.3. The average Bonchev–Trinajstić information content (AvgIpc) is 2.92. The van der Waals surface area contributed by atoms with E-state index in [1.165, 1.54) is 6.07 Å². The maximum atomic E-state index is 14.2. The predicted molar refractivity (Wildman–Crippen MR) is 86.1 cm³/mol. The number of hydrogen-bond donors (Lipinski definition) is 1. The number of hydrogen-bond acceptors (Lipinski definition) is 3. The molecular formula is C17H21F3N4. The fraction of sp³-hybridized carbons (Fsp3) is 0.471. The summed E-state index contributed by atoms with van der Waals surface area (Å²) in [5, 5.41) is 7.75. The smallest absolute Gasteiger partial charge is 0.195 e. The van der Waals surface area contributed by atoms with Gasteiger partial charge in [-0.1, -0.05) is 0 Å². The number of aryl methyl sites for hydroxylation is 1. The quantitative estimate of drug-likeness (QED) is 0.851. The Morgan fingerprint density at radius 1 is 1.21 bits per heavy atom. The lowest BCUT2D eigenvalue weighted by Gasteiger charge is -2.16. The number of rotatable bonds is 5. The predicted octanol–water partition coefficient (Wildman–Crippen LogP) is 2.56. The van der Waals surface area contributed by atoms with Crippen LogP contribution in [-0.2, 0) is 19.5 Å². The van der Waals surface area contributed by atoms with E-state index in [2.05, 4.69) is 15.3 Å². The highest BCUT2D eigenvalue weighted by Crippen LogP contribution is 2.31. The molecule has 2 heterocycles. The summed E-state index contributed by atoms with van der Waals surface area (Å²) in [6.45, 7) is 3.01. The lowest BCUT2D eigenvalue weighted by molar-refractivity contribution is 0.377. The van der Waals surface area contributed by atoms with Crippen molar-refractivity contribution in [2.45, 2.75) is 25.9 Å². The minimum Gasteiger partial charge on any atom is -0.312 e. The van der Waals surface area contributed by atoms with Crippen LogP contribution < -0.4 is 5.32 Å². The van der Waals surface area contributed by atoms with Crippen molar-refractivity contribution >= 4 is 0 Å². The van der Waals surface area contributed by atoms with Crippen LogP contribution in [-0.4, -0.2) is 41.9 Å². The van der Waals surface area contributed by atoms with Gasteiger partial charge in [-0.2, -0.15) is 5.10 Å². The van der Waals surface area contributed by atoms with Gasteiger partial charge in [-0.15, -0.1) is 0 Å². The highest BCUT2D eigenvalue weighted by Gasteiger charge is 2.25. The summed E-state index contributed by atoms with van der Waals surface area (Å²) in [5.74, 6) is -3.82. The lowest BCUT2D eigenvalue weighted by atomic mass is 10.0. The Labute approximate surface area is 139 Å². The molecule has 1 N–H and O–H groups in total. The van der Waals surface area contributed by atoms with Gasteiger partial charge in [0.2, 0.25) is 0 Å². The Bertz CT molecular complexity index is 740. The van der Waals surface area contributed by atoms with Crippen LogP contribution in [0.3, 0.4) is 0 Å². The maximum absolute atomic E-state index is 14.2. The monoisotopic (exact) mass is 338 g/mol. The normalized spacial score (nSPS) is 14.2. The van der Waals surface area contributed by atoms with Crippen LogP contribution in [0.2, 0.25) is 0 Å². The molecule has 0 saturated carbocycles. The van der Waals surface area contributed by atoms with Crippen molar-refractivity contribution in [3.8, 4) is 11.3 Å². The van der Waals surface area contributed by atoms with E-state index in [9.17, 15) is 13.2 Å². The Morgan fingerprint density at radius 2 is 2.00 bits per heavy atom. The largest absolute Gasteiger partial charge is 0.312 e. The summed E-state index contributed by atoms with van der Waals surface area (Å²) in [6.07, 6.45) is 1.70. The minimum atomic E-state index is -1.45. The van der Waals surface area contributed by atoms with E-state index < -0.39 is 17.5 Å². The second-order valence-electron chi connectivity index (χ2n) is 6.30. The first-order valence-electron chi connectivity index (χ1n) is 8.07. The molecule has 0 bridgehead atoms. The molecule has 0 amide bonds. The highest BCUT2D eigenvalue weighted by atomic mass is 19.2. The van der Waals surface area contributed by atoms with Crippen LogP contribution in [0.25, 0.3) is 11.3 Å². The number of benzene rings is 1. The molecule has 0 unspecified atom stereocenters. The van der Waals surface area contributed by atoms with Crippen molar-refractivity contribution in [3.63, 3.8) is 0 Å². The van der Waals surface area contributed by atoms with Crippen LogP contribution in [0.4, 0.5) is 13.2 Å². The topological polar surface area (TPSA) is 33.1 Å². The van der Waals surface area contributed by atoms with Gasteiger partial charge in [-0.3, -0.25) is 4.68 Å². The van der Waals surface area contributed by atoms with Crippen LogP contribution >= 0.6 is 0 Å². The molecule has 1 aromatic carbocycles. The van der Waals surface area contributed by atoms with Crippen LogP contribution in [0.5, 0.6) is 0 Å². The summed E-state index contributed by atoms with van der Waals surface area (Å²) >= 11 is 0. The first-order chi connectivity index (χ1) is 11.5. The first-order valence-corrected chi connectivity index (χ1v) is 8.07. The van der Waals surface area contributed by atoms with E-state index in [-0.39, 0.29) is 5.56 Å². The van der Waals surface area contributed by atoms with E-state index in [1.54, 1.807) is 0 Å². The van der Waals surface area contributed by atoms with Crippen molar-refractivity contribution in [2.24, 2.45) is 0 Å². The minimum absolute atomic E-state index is 0.0141. The molecule has 0 radical (unpaired) electrons. The fourth-order valence-electron chi connectivity index (χ4n) is 3.07. The molecule has 2 aromatic rings. The molecule has 1 aromatic heterocycles. The first kappa shape index (κ1) is 17.0. The Hall–Kier alpha value is -1.86. The van der Waals surface area contributed by atoms with Crippen LogP contribution in [0, 0.1) is 17.5 Å². The molecule has 0 aliphatic carbocycles. The van der Waals surface area contributed by atoms with E-state index in [0.29, 0.717) is 18.8 Å². The summed E-state index contributed by atoms with van der Waals surface area (Å²) in [7, 11) is 4.01. The van der Waals surface area contributed by atoms with E-state index in [1.807, 2.05) is 18.8 Å². The lowest BCUT2D eigenvalue weighted by Crippen LogP contribution is -2.25. The van der Waals surface area contributed by atoms with Gasteiger partial charge < -0.3 is 10.2 Å². The van der Waals surface area contributed by atoms with E-state index in [0.717, 1.165) is 43.3 Å². The SMILES string of the molecule is CN(C)CCCn1nc(-c2ccc(F)c(F)c2F)c2c1CCNC2. The van der Waals surface area contributed by atoms with Crippen molar-refractivity contribution in [3.05, 3.63) is 40.8 Å². The van der Waals surface area contributed by atoms with Gasteiger partial charge in [-0.05, 0) is 39.2 Å². The molecule has 24 heavy (non-hydrogen) atoms. The summed E-state index contributed by atoms with van der Waals surface area (Å²) in [6, 6.07) is 2.20. The van der Waals surface area contributed by atoms with Gasteiger partial charge in [-0.25, -0.2) is 13.2 Å². The second kappa shape index (κ2) is 6.94. The Balaban J connectivity index is 1.99. The molecular weight excluding hydrogens is 317 g/mol. The molecule has 1 aliphatic rings. The fourth-order valence-corrected chi connectivity index (χ4v) is 3.07. The summed E-state index contributed by atoms with van der Waals surface area (Å²) < 4.78 is 42.9.